The van der Waals surface area contributed by atoms with Gasteiger partial charge in [-0.05, 0) is 366 Å². The zero-order valence-corrected chi connectivity index (χ0v) is 86.2. The molecule has 0 saturated carbocycles. The standard InChI is InChI=1S/C14H26O2.C13H22O.4C12H20O2.2C12H22.C11H20/c1-6-15-14(16-7-2)11-13(5)10-8-9-12(3)4;1-11(2)7-5-8-12(3)9-6-10-13(4)14;4*1-10(2)6-5-7-11(3)8-9-14-12(4)13;2*1-10(2)7-6-8-12(5)9-11(3)4;1-5-7-11(4)9-6-8-10(2)3/h9,11,14H,6-8,10H2,1-5H3;7,9H,5-6,8,10H2,1-4H3;3*6,8H,5,7,9H2,1-4H3;6-7H,5,8-9H2,1-4H3;2*7,9,11H,6,8H2,1-5H3;7-8H,5-6,9H2,1-4H3/b13-11+;12-9+;3*11-8-;11-7+;2*12-9-;11-7-. The summed E-state index contributed by atoms with van der Waals surface area (Å²) in [6.07, 6.45) is 61.8. The van der Waals surface area contributed by atoms with Gasteiger partial charge in [0.1, 0.15) is 25.6 Å². The van der Waals surface area contributed by atoms with Crippen molar-refractivity contribution in [2.75, 3.05) is 39.6 Å². The summed E-state index contributed by atoms with van der Waals surface area (Å²) in [5.41, 5.74) is 24.7. The van der Waals surface area contributed by atoms with Crippen LogP contribution in [-0.2, 0) is 52.4 Å². The maximum atomic E-state index is 10.7. The Morgan fingerprint density at radius 2 is 0.455 bits per heavy atom. The van der Waals surface area contributed by atoms with Crippen molar-refractivity contribution in [2.24, 2.45) is 11.8 Å². The Morgan fingerprint density at radius 1 is 0.231 bits per heavy atom. The Morgan fingerprint density at radius 3 is 0.678 bits per heavy atom. The number of ether oxygens (including phenoxy) is 6. The predicted molar refractivity (Wildman–Crippen MR) is 535 cm³/mol. The number of hydrogen-bond donors (Lipinski definition) is 0. The van der Waals surface area contributed by atoms with E-state index in [2.05, 4.69) is 313 Å². The van der Waals surface area contributed by atoms with Crippen molar-refractivity contribution in [3.63, 3.8) is 0 Å². The minimum Gasteiger partial charge on any atom is -0.466 e. The van der Waals surface area contributed by atoms with E-state index in [1.807, 2.05) is 32.1 Å². The maximum Gasteiger partial charge on any atom is 0.302 e. The molecule has 11 heteroatoms. The summed E-state index contributed by atoms with van der Waals surface area (Å²) in [6.45, 7) is 82.8. The van der Waals surface area contributed by atoms with E-state index >= 15 is 0 Å². The van der Waals surface area contributed by atoms with Crippen LogP contribution in [0.4, 0.5) is 0 Å². The topological polar surface area (TPSA) is 141 Å². The van der Waals surface area contributed by atoms with Gasteiger partial charge in [-0.2, -0.15) is 0 Å². The van der Waals surface area contributed by atoms with Crippen molar-refractivity contribution in [1.29, 1.82) is 0 Å². The van der Waals surface area contributed by atoms with E-state index in [9.17, 15) is 24.0 Å². The SMILES string of the molecule is CC(=O)CC/C=C(\C)CCC=C(C)C.CC(=O)OC/C=C(/C)CCC=C(C)C.CC(=O)OC/C=C(/C)CCC=C(C)C.CC(=O)OC/C=C(/C)CCC=C(C)C.CC(=O)OCC/C(C)=C/CC=C(C)C.CC(C)=CCC/C(C)=C\C(C)C.CC(C)=CCC/C(C)=C\C(C)C.CC/C=C(/C)CCC=C(C)C.CCOC(/C=C(\C)CCC=C(C)C)OCC. The summed E-state index contributed by atoms with van der Waals surface area (Å²) < 4.78 is 30.2. The molecule has 0 heterocycles. The van der Waals surface area contributed by atoms with Crippen LogP contribution in [0.3, 0.4) is 0 Å². The molecule has 0 bridgehead atoms. The number of ketones is 1. The smallest absolute Gasteiger partial charge is 0.302 e. The number of esters is 4. The number of Topliss-reactive ketones (excluding diaryl/α,β-unsaturated/α-hetero) is 1. The second-order valence-corrected chi connectivity index (χ2v) is 34.3. The van der Waals surface area contributed by atoms with Gasteiger partial charge in [0.25, 0.3) is 0 Å². The monoisotopic (exact) mass is 1690 g/mol. The lowest BCUT2D eigenvalue weighted by atomic mass is 10.1. The molecule has 0 rings (SSSR count). The summed E-state index contributed by atoms with van der Waals surface area (Å²) in [6, 6.07) is 0. The van der Waals surface area contributed by atoms with Crippen LogP contribution >= 0.6 is 0 Å². The first-order valence-corrected chi connectivity index (χ1v) is 45.3. The molecule has 0 aromatic rings. The molecule has 0 N–H and O–H groups in total. The van der Waals surface area contributed by atoms with Gasteiger partial charge in [-0.25, -0.2) is 0 Å². The molecule has 0 radical (unpaired) electrons. The molecule has 121 heavy (non-hydrogen) atoms. The largest absolute Gasteiger partial charge is 0.466 e. The normalized spacial score (nSPS) is 11.4. The molecule has 0 atom stereocenters. The van der Waals surface area contributed by atoms with Gasteiger partial charge in [-0.15, -0.1) is 0 Å². The minimum atomic E-state index is -0.224. The van der Waals surface area contributed by atoms with Crippen molar-refractivity contribution in [2.45, 2.75) is 411 Å². The van der Waals surface area contributed by atoms with Crippen LogP contribution in [0.2, 0.25) is 0 Å². The summed E-state index contributed by atoms with van der Waals surface area (Å²) in [4.78, 5) is 52.6. The molecule has 0 aliphatic carbocycles. The highest BCUT2D eigenvalue weighted by Gasteiger charge is 2.05. The first-order chi connectivity index (χ1) is 56.4. The Kier molecular flexibility index (Phi) is 104. The fourth-order valence-electron chi connectivity index (χ4n) is 10.0. The van der Waals surface area contributed by atoms with Gasteiger partial charge in [0.05, 0.1) is 6.61 Å². The molecule has 0 aromatic heterocycles. The van der Waals surface area contributed by atoms with E-state index in [1.165, 1.54) is 173 Å². The molecule has 0 aromatic carbocycles. The van der Waals surface area contributed by atoms with Crippen LogP contribution < -0.4 is 0 Å². The van der Waals surface area contributed by atoms with Crippen LogP contribution in [0.5, 0.6) is 0 Å². The second-order valence-electron chi connectivity index (χ2n) is 34.3. The van der Waals surface area contributed by atoms with Crippen LogP contribution in [0, 0.1) is 11.8 Å². The molecular formula is C110H192O11. The van der Waals surface area contributed by atoms with E-state index in [1.54, 1.807) is 6.92 Å². The van der Waals surface area contributed by atoms with Crippen LogP contribution in [-0.4, -0.2) is 75.6 Å². The highest BCUT2D eigenvalue weighted by Crippen LogP contribution is 2.16. The Hall–Kier alpha value is -7.21. The fraction of sp³-hybridized carbons (Fsp3) is 0.627. The number of carbonyl (C=O) groups is 5. The molecule has 0 saturated heterocycles. The lowest BCUT2D eigenvalue weighted by Gasteiger charge is -2.14. The van der Waals surface area contributed by atoms with Gasteiger partial charge < -0.3 is 33.2 Å². The zero-order valence-electron chi connectivity index (χ0n) is 86.2. The molecule has 0 unspecified atom stereocenters. The Balaban J connectivity index is -0.000000167. The van der Waals surface area contributed by atoms with E-state index in [4.69, 9.17) is 28.4 Å². The summed E-state index contributed by atoms with van der Waals surface area (Å²) >= 11 is 0. The molecular weight excluding hydrogens is 1500 g/mol. The molecule has 0 amide bonds. The lowest BCUT2D eigenvalue weighted by molar-refractivity contribution is -0.141. The van der Waals surface area contributed by atoms with Crippen molar-refractivity contribution in [3.8, 4) is 0 Å². The molecule has 0 aliphatic heterocycles. The van der Waals surface area contributed by atoms with Crippen LogP contribution in [0.15, 0.2) is 210 Å². The van der Waals surface area contributed by atoms with Gasteiger partial charge in [-0.1, -0.05) is 220 Å². The minimum absolute atomic E-state index is 0.179. The Labute approximate surface area is 750 Å². The third kappa shape index (κ3) is 145. The van der Waals surface area contributed by atoms with E-state index in [-0.39, 0.29) is 36.0 Å². The molecule has 0 spiro atoms. The van der Waals surface area contributed by atoms with Gasteiger partial charge in [-0.3, -0.25) is 19.2 Å². The first-order valence-electron chi connectivity index (χ1n) is 45.3. The van der Waals surface area contributed by atoms with Crippen molar-refractivity contribution < 1.29 is 52.4 Å². The third-order valence-electron chi connectivity index (χ3n) is 16.5. The quantitative estimate of drug-likeness (QED) is 0.0249. The van der Waals surface area contributed by atoms with Gasteiger partial charge in [0.15, 0.2) is 6.29 Å². The number of carbonyl (C=O) groups excluding carboxylic acids is 5. The molecule has 0 aliphatic rings. The molecule has 11 nitrogen and oxygen atoms in total. The maximum absolute atomic E-state index is 10.7. The number of hydrogen-bond acceptors (Lipinski definition) is 11. The van der Waals surface area contributed by atoms with Crippen LogP contribution in [0.1, 0.15) is 405 Å². The lowest BCUT2D eigenvalue weighted by Crippen LogP contribution is -2.14. The predicted octanol–water partition coefficient (Wildman–Crippen LogP) is 33.9. The molecule has 0 fully saturated rings. The van der Waals surface area contributed by atoms with Crippen molar-refractivity contribution in [1.82, 2.24) is 0 Å². The number of allylic oxidation sites excluding steroid dienone is 31. The zero-order chi connectivity index (χ0) is 95.1. The summed E-state index contributed by atoms with van der Waals surface area (Å²) in [7, 11) is 0. The Bertz CT molecular complexity index is 2980. The highest BCUT2D eigenvalue weighted by atomic mass is 16.7. The average molecular weight is 1690 g/mol. The summed E-state index contributed by atoms with van der Waals surface area (Å²) in [5.74, 6) is 0.781. The summed E-state index contributed by atoms with van der Waals surface area (Å²) in [5, 5.41) is 0. The highest BCUT2D eigenvalue weighted by molar-refractivity contribution is 5.75. The third-order valence-corrected chi connectivity index (χ3v) is 16.5. The van der Waals surface area contributed by atoms with Crippen molar-refractivity contribution >= 4 is 29.7 Å². The van der Waals surface area contributed by atoms with Gasteiger partial charge in [0, 0.05) is 53.8 Å². The average Bonchev–Trinajstić information content (AvgIpc) is 0.966. The van der Waals surface area contributed by atoms with Crippen molar-refractivity contribution in [3.05, 3.63) is 210 Å². The number of rotatable bonds is 46. The van der Waals surface area contributed by atoms with Gasteiger partial charge in [0.2, 0.25) is 0 Å². The first kappa shape index (κ1) is 132. The van der Waals surface area contributed by atoms with Crippen LogP contribution in [0.25, 0.3) is 0 Å². The fourth-order valence-corrected chi connectivity index (χ4v) is 10.0. The van der Waals surface area contributed by atoms with Gasteiger partial charge >= 0.3 is 23.9 Å². The second kappa shape index (κ2) is 95.0. The van der Waals surface area contributed by atoms with E-state index in [0.717, 1.165) is 83.5 Å². The van der Waals surface area contributed by atoms with E-state index in [0.29, 0.717) is 57.9 Å². The molecule has 698 valence electrons. The van der Waals surface area contributed by atoms with E-state index < -0.39 is 0 Å².